The SMILES string of the molecule is Cc1ccccc1NCC(=O)N1CCCCC1. The van der Waals surface area contributed by atoms with Crippen LogP contribution in [0, 0.1) is 6.92 Å². The molecule has 0 unspecified atom stereocenters. The van der Waals surface area contributed by atoms with E-state index in [2.05, 4.69) is 5.32 Å². The molecular weight excluding hydrogens is 212 g/mol. The maximum Gasteiger partial charge on any atom is 0.241 e. The molecule has 1 saturated heterocycles. The topological polar surface area (TPSA) is 32.3 Å². The largest absolute Gasteiger partial charge is 0.376 e. The van der Waals surface area contributed by atoms with Crippen molar-refractivity contribution in [3.8, 4) is 0 Å². The number of hydrogen-bond acceptors (Lipinski definition) is 2. The van der Waals surface area contributed by atoms with Crippen molar-refractivity contribution < 1.29 is 4.79 Å². The highest BCUT2D eigenvalue weighted by molar-refractivity contribution is 5.81. The molecule has 2 rings (SSSR count). The Morgan fingerprint density at radius 1 is 1.24 bits per heavy atom. The summed E-state index contributed by atoms with van der Waals surface area (Å²) in [6.07, 6.45) is 3.56. The molecule has 1 aromatic rings. The van der Waals surface area contributed by atoms with Gasteiger partial charge in [-0.1, -0.05) is 18.2 Å². The fourth-order valence-corrected chi connectivity index (χ4v) is 2.20. The van der Waals surface area contributed by atoms with Crippen LogP contribution in [-0.2, 0) is 4.79 Å². The Balaban J connectivity index is 1.85. The summed E-state index contributed by atoms with van der Waals surface area (Å²) in [5.41, 5.74) is 2.23. The minimum Gasteiger partial charge on any atom is -0.376 e. The summed E-state index contributed by atoms with van der Waals surface area (Å²) < 4.78 is 0. The van der Waals surface area contributed by atoms with Gasteiger partial charge >= 0.3 is 0 Å². The van der Waals surface area contributed by atoms with E-state index in [1.54, 1.807) is 0 Å². The molecule has 92 valence electrons. The van der Waals surface area contributed by atoms with E-state index < -0.39 is 0 Å². The van der Waals surface area contributed by atoms with Crippen LogP contribution in [0.2, 0.25) is 0 Å². The highest BCUT2D eigenvalue weighted by Crippen LogP contribution is 2.13. The van der Waals surface area contributed by atoms with E-state index in [1.165, 1.54) is 12.0 Å². The van der Waals surface area contributed by atoms with E-state index in [9.17, 15) is 4.79 Å². The van der Waals surface area contributed by atoms with Crippen molar-refractivity contribution in [2.45, 2.75) is 26.2 Å². The highest BCUT2D eigenvalue weighted by atomic mass is 16.2. The van der Waals surface area contributed by atoms with Gasteiger partial charge in [0.25, 0.3) is 0 Å². The number of nitrogens with one attached hydrogen (secondary N) is 1. The molecule has 1 aromatic carbocycles. The van der Waals surface area contributed by atoms with Crippen LogP contribution in [0.1, 0.15) is 24.8 Å². The van der Waals surface area contributed by atoms with Gasteiger partial charge in [0.05, 0.1) is 6.54 Å². The van der Waals surface area contributed by atoms with Crippen LogP contribution in [0.4, 0.5) is 5.69 Å². The fourth-order valence-electron chi connectivity index (χ4n) is 2.20. The molecule has 0 saturated carbocycles. The van der Waals surface area contributed by atoms with Crippen LogP contribution < -0.4 is 5.32 Å². The maximum absolute atomic E-state index is 11.9. The lowest BCUT2D eigenvalue weighted by molar-refractivity contribution is -0.130. The summed E-state index contributed by atoms with van der Waals surface area (Å²) in [6.45, 7) is 4.31. The third kappa shape index (κ3) is 3.22. The predicted molar refractivity (Wildman–Crippen MR) is 70.1 cm³/mol. The first-order valence-corrected chi connectivity index (χ1v) is 6.34. The molecule has 1 heterocycles. The lowest BCUT2D eigenvalue weighted by Crippen LogP contribution is -2.39. The molecular formula is C14H20N2O. The maximum atomic E-state index is 11.9. The minimum atomic E-state index is 0.216. The van der Waals surface area contributed by atoms with Crippen molar-refractivity contribution in [3.63, 3.8) is 0 Å². The van der Waals surface area contributed by atoms with Crippen LogP contribution in [0.25, 0.3) is 0 Å². The average Bonchev–Trinajstić information content (AvgIpc) is 2.38. The van der Waals surface area contributed by atoms with E-state index in [1.807, 2.05) is 36.1 Å². The van der Waals surface area contributed by atoms with Crippen LogP contribution >= 0.6 is 0 Å². The first kappa shape index (κ1) is 12.0. The zero-order valence-electron chi connectivity index (χ0n) is 10.4. The molecule has 1 aliphatic rings. The van der Waals surface area contributed by atoms with Crippen molar-refractivity contribution in [2.75, 3.05) is 25.0 Å². The Labute approximate surface area is 103 Å². The Kier molecular flexibility index (Phi) is 4.02. The van der Waals surface area contributed by atoms with Crippen molar-refractivity contribution in [1.82, 2.24) is 4.90 Å². The average molecular weight is 232 g/mol. The van der Waals surface area contributed by atoms with Gasteiger partial charge in [0.1, 0.15) is 0 Å². The molecule has 0 bridgehead atoms. The molecule has 0 aliphatic carbocycles. The number of para-hydroxylation sites is 1. The molecule has 17 heavy (non-hydrogen) atoms. The third-order valence-corrected chi connectivity index (χ3v) is 3.28. The number of anilines is 1. The fraction of sp³-hybridized carbons (Fsp3) is 0.500. The number of likely N-dealkylation sites (tertiary alicyclic amines) is 1. The number of hydrogen-bond donors (Lipinski definition) is 1. The Morgan fingerprint density at radius 3 is 2.65 bits per heavy atom. The van der Waals surface area contributed by atoms with Gasteiger partial charge in [0, 0.05) is 18.8 Å². The Morgan fingerprint density at radius 2 is 1.94 bits per heavy atom. The lowest BCUT2D eigenvalue weighted by atomic mass is 10.1. The Hall–Kier alpha value is -1.51. The molecule has 3 heteroatoms. The van der Waals surface area contributed by atoms with E-state index in [-0.39, 0.29) is 5.91 Å². The number of aryl methyl sites for hydroxylation is 1. The zero-order chi connectivity index (χ0) is 12.1. The van der Waals surface area contributed by atoms with E-state index in [0.717, 1.165) is 31.6 Å². The summed E-state index contributed by atoms with van der Waals surface area (Å²) in [5.74, 6) is 0.216. The molecule has 3 nitrogen and oxygen atoms in total. The van der Waals surface area contributed by atoms with Gasteiger partial charge in [-0.15, -0.1) is 0 Å². The van der Waals surface area contributed by atoms with Crippen LogP contribution in [-0.4, -0.2) is 30.4 Å². The lowest BCUT2D eigenvalue weighted by Gasteiger charge is -2.27. The number of rotatable bonds is 3. The van der Waals surface area contributed by atoms with Crippen molar-refractivity contribution >= 4 is 11.6 Å². The molecule has 0 atom stereocenters. The standard InChI is InChI=1S/C14H20N2O/c1-12-7-3-4-8-13(12)15-11-14(17)16-9-5-2-6-10-16/h3-4,7-8,15H,2,5-6,9-11H2,1H3. The second kappa shape index (κ2) is 5.71. The van der Waals surface area contributed by atoms with Crippen LogP contribution in [0.15, 0.2) is 24.3 Å². The molecule has 1 N–H and O–H groups in total. The van der Waals surface area contributed by atoms with Gasteiger partial charge in [-0.3, -0.25) is 4.79 Å². The number of benzene rings is 1. The molecule has 0 aromatic heterocycles. The van der Waals surface area contributed by atoms with Crippen molar-refractivity contribution in [1.29, 1.82) is 0 Å². The Bertz CT molecular complexity index is 384. The number of amides is 1. The van der Waals surface area contributed by atoms with Gasteiger partial charge in [-0.25, -0.2) is 0 Å². The summed E-state index contributed by atoms with van der Waals surface area (Å²) in [4.78, 5) is 13.9. The quantitative estimate of drug-likeness (QED) is 0.868. The second-order valence-electron chi connectivity index (χ2n) is 4.61. The molecule has 1 amide bonds. The second-order valence-corrected chi connectivity index (χ2v) is 4.61. The van der Waals surface area contributed by atoms with Gasteiger partial charge < -0.3 is 10.2 Å². The first-order valence-electron chi connectivity index (χ1n) is 6.34. The number of carbonyl (C=O) groups is 1. The van der Waals surface area contributed by atoms with E-state index in [4.69, 9.17) is 0 Å². The smallest absolute Gasteiger partial charge is 0.241 e. The van der Waals surface area contributed by atoms with E-state index in [0.29, 0.717) is 6.54 Å². The molecule has 0 spiro atoms. The number of piperidine rings is 1. The van der Waals surface area contributed by atoms with Crippen LogP contribution in [0.3, 0.4) is 0 Å². The molecule has 0 radical (unpaired) electrons. The van der Waals surface area contributed by atoms with Crippen LogP contribution in [0.5, 0.6) is 0 Å². The van der Waals surface area contributed by atoms with Crippen molar-refractivity contribution in [2.24, 2.45) is 0 Å². The highest BCUT2D eigenvalue weighted by Gasteiger charge is 2.15. The summed E-state index contributed by atoms with van der Waals surface area (Å²) in [7, 11) is 0. The van der Waals surface area contributed by atoms with Gasteiger partial charge in [0.15, 0.2) is 0 Å². The normalized spacial score (nSPS) is 15.7. The van der Waals surface area contributed by atoms with Gasteiger partial charge in [-0.2, -0.15) is 0 Å². The summed E-state index contributed by atoms with van der Waals surface area (Å²) in [6, 6.07) is 8.06. The van der Waals surface area contributed by atoms with Gasteiger partial charge in [0.2, 0.25) is 5.91 Å². The van der Waals surface area contributed by atoms with E-state index >= 15 is 0 Å². The number of nitrogens with zero attached hydrogens (tertiary/aromatic N) is 1. The monoisotopic (exact) mass is 232 g/mol. The van der Waals surface area contributed by atoms with Gasteiger partial charge in [-0.05, 0) is 37.8 Å². The van der Waals surface area contributed by atoms with Crippen molar-refractivity contribution in [3.05, 3.63) is 29.8 Å². The zero-order valence-corrected chi connectivity index (χ0v) is 10.4. The minimum absolute atomic E-state index is 0.216. The number of carbonyl (C=O) groups excluding carboxylic acids is 1. The summed E-state index contributed by atoms with van der Waals surface area (Å²) in [5, 5.41) is 3.22. The third-order valence-electron chi connectivity index (χ3n) is 3.28. The summed E-state index contributed by atoms with van der Waals surface area (Å²) >= 11 is 0. The molecule has 1 fully saturated rings. The predicted octanol–water partition coefficient (Wildman–Crippen LogP) is 2.42. The molecule has 1 aliphatic heterocycles. The first-order chi connectivity index (χ1) is 8.27.